The molecule has 1 fully saturated rings. The van der Waals surface area contributed by atoms with Crippen molar-refractivity contribution in [1.29, 1.82) is 0 Å². The first kappa shape index (κ1) is 11.6. The first-order chi connectivity index (χ1) is 7.81. The Morgan fingerprint density at radius 2 is 2.31 bits per heavy atom. The molecule has 7 heteroatoms. The molecular weight excluding hydrogens is 274 g/mol. The number of anilines is 2. The second-order valence-corrected chi connectivity index (χ2v) is 4.34. The van der Waals surface area contributed by atoms with E-state index in [4.69, 9.17) is 10.6 Å². The Morgan fingerprint density at radius 3 is 3.00 bits per heavy atom. The molecule has 0 spiro atoms. The molecule has 0 aromatic carbocycles. The van der Waals surface area contributed by atoms with Gasteiger partial charge in [-0.3, -0.25) is 0 Å². The van der Waals surface area contributed by atoms with Crippen molar-refractivity contribution in [1.82, 2.24) is 9.97 Å². The summed E-state index contributed by atoms with van der Waals surface area (Å²) in [5.41, 5.74) is 2.49. The second-order valence-electron chi connectivity index (χ2n) is 3.55. The Labute approximate surface area is 102 Å². The molecule has 0 amide bonds. The molecule has 1 aromatic rings. The number of nitrogen functional groups attached to an aromatic ring is 1. The summed E-state index contributed by atoms with van der Waals surface area (Å²) in [5, 5.41) is 3.21. The number of hydrogen-bond acceptors (Lipinski definition) is 6. The molecule has 2 rings (SSSR count). The van der Waals surface area contributed by atoms with E-state index in [1.807, 2.05) is 0 Å². The summed E-state index contributed by atoms with van der Waals surface area (Å²) in [7, 11) is 0. The van der Waals surface area contributed by atoms with Crippen LogP contribution in [-0.4, -0.2) is 29.2 Å². The van der Waals surface area contributed by atoms with Gasteiger partial charge in [0, 0.05) is 13.2 Å². The number of hydrogen-bond donors (Lipinski definition) is 3. The highest BCUT2D eigenvalue weighted by atomic mass is 79.9. The largest absolute Gasteiger partial charge is 0.376 e. The van der Waals surface area contributed by atoms with Crippen LogP contribution in [0.15, 0.2) is 10.8 Å². The Hall–Kier alpha value is -0.920. The maximum atomic E-state index is 5.51. The first-order valence-electron chi connectivity index (χ1n) is 5.14. The van der Waals surface area contributed by atoms with Crippen LogP contribution in [0.2, 0.25) is 0 Å². The number of rotatable bonds is 4. The maximum absolute atomic E-state index is 5.51. The number of nitrogens with one attached hydrogen (secondary N) is 2. The van der Waals surface area contributed by atoms with Gasteiger partial charge in [0.2, 0.25) is 0 Å². The molecule has 1 saturated heterocycles. The zero-order chi connectivity index (χ0) is 11.4. The predicted molar refractivity (Wildman–Crippen MR) is 65.0 cm³/mol. The summed E-state index contributed by atoms with van der Waals surface area (Å²) in [6, 6.07) is 0. The van der Waals surface area contributed by atoms with Crippen LogP contribution < -0.4 is 16.6 Å². The van der Waals surface area contributed by atoms with E-state index in [1.54, 1.807) is 0 Å². The summed E-state index contributed by atoms with van der Waals surface area (Å²) >= 11 is 3.38. The van der Waals surface area contributed by atoms with Crippen LogP contribution in [0.5, 0.6) is 0 Å². The Bertz CT molecular complexity index is 356. The average molecular weight is 288 g/mol. The number of nitrogens with zero attached hydrogens (tertiary/aromatic N) is 2. The number of halogens is 1. The molecule has 1 unspecified atom stereocenters. The van der Waals surface area contributed by atoms with Crippen LogP contribution in [0.1, 0.15) is 12.8 Å². The van der Waals surface area contributed by atoms with E-state index in [2.05, 4.69) is 36.6 Å². The van der Waals surface area contributed by atoms with Crippen molar-refractivity contribution in [3.8, 4) is 0 Å². The standard InChI is InChI=1S/C9H14BrN5O/c10-7-8(13-5-14-9(7)15-11)12-4-6-2-1-3-16-6/h5-6H,1-4,11H2,(H2,12,13,14,15). The third-order valence-corrected chi connectivity index (χ3v) is 3.20. The van der Waals surface area contributed by atoms with Crippen LogP contribution in [-0.2, 0) is 4.74 Å². The lowest BCUT2D eigenvalue weighted by Gasteiger charge is -2.13. The Balaban J connectivity index is 1.97. The van der Waals surface area contributed by atoms with Crippen molar-refractivity contribution >= 4 is 27.6 Å². The second kappa shape index (κ2) is 5.42. The fourth-order valence-electron chi connectivity index (χ4n) is 1.61. The third kappa shape index (κ3) is 2.60. The number of ether oxygens (including phenoxy) is 1. The SMILES string of the molecule is NNc1ncnc(NCC2CCCO2)c1Br. The van der Waals surface area contributed by atoms with Gasteiger partial charge in [-0.25, -0.2) is 15.8 Å². The number of nitrogens with two attached hydrogens (primary N) is 1. The van der Waals surface area contributed by atoms with Gasteiger partial charge in [0.05, 0.1) is 6.10 Å². The Morgan fingerprint density at radius 1 is 1.50 bits per heavy atom. The molecule has 0 radical (unpaired) electrons. The molecule has 0 bridgehead atoms. The molecule has 4 N–H and O–H groups in total. The average Bonchev–Trinajstić information content (AvgIpc) is 2.81. The van der Waals surface area contributed by atoms with E-state index in [0.29, 0.717) is 5.82 Å². The Kier molecular flexibility index (Phi) is 3.92. The minimum Gasteiger partial charge on any atom is -0.376 e. The third-order valence-electron chi connectivity index (χ3n) is 2.45. The lowest BCUT2D eigenvalue weighted by molar-refractivity contribution is 0.120. The van der Waals surface area contributed by atoms with Gasteiger partial charge in [0.1, 0.15) is 16.6 Å². The van der Waals surface area contributed by atoms with Gasteiger partial charge in [-0.05, 0) is 28.8 Å². The number of aromatic nitrogens is 2. The zero-order valence-electron chi connectivity index (χ0n) is 8.74. The summed E-state index contributed by atoms with van der Waals surface area (Å²) in [6.07, 6.45) is 3.96. The predicted octanol–water partition coefficient (Wildman–Crippen LogP) is 1.12. The molecule has 1 aliphatic heterocycles. The van der Waals surface area contributed by atoms with Crippen molar-refractivity contribution in [3.05, 3.63) is 10.8 Å². The first-order valence-corrected chi connectivity index (χ1v) is 5.93. The van der Waals surface area contributed by atoms with Gasteiger partial charge in [0.15, 0.2) is 5.82 Å². The van der Waals surface area contributed by atoms with Gasteiger partial charge >= 0.3 is 0 Å². The summed E-state index contributed by atoms with van der Waals surface area (Å²) in [5.74, 6) is 6.60. The normalized spacial score (nSPS) is 19.8. The van der Waals surface area contributed by atoms with Crippen LogP contribution in [0, 0.1) is 0 Å². The summed E-state index contributed by atoms with van der Waals surface area (Å²) in [6.45, 7) is 1.60. The molecular formula is C9H14BrN5O. The van der Waals surface area contributed by atoms with Crippen LogP contribution in [0.4, 0.5) is 11.6 Å². The van der Waals surface area contributed by atoms with E-state index in [-0.39, 0.29) is 6.10 Å². The van der Waals surface area contributed by atoms with Gasteiger partial charge < -0.3 is 15.5 Å². The van der Waals surface area contributed by atoms with Crippen molar-refractivity contribution in [2.24, 2.45) is 5.84 Å². The molecule has 6 nitrogen and oxygen atoms in total. The molecule has 16 heavy (non-hydrogen) atoms. The van der Waals surface area contributed by atoms with E-state index < -0.39 is 0 Å². The molecule has 1 aliphatic rings. The van der Waals surface area contributed by atoms with E-state index >= 15 is 0 Å². The smallest absolute Gasteiger partial charge is 0.159 e. The topological polar surface area (TPSA) is 85.1 Å². The molecule has 0 saturated carbocycles. The molecule has 88 valence electrons. The van der Waals surface area contributed by atoms with E-state index in [1.165, 1.54) is 6.33 Å². The molecule has 2 heterocycles. The summed E-state index contributed by atoms with van der Waals surface area (Å²) in [4.78, 5) is 8.10. The highest BCUT2D eigenvalue weighted by Crippen LogP contribution is 2.26. The minimum atomic E-state index is 0.274. The van der Waals surface area contributed by atoms with Gasteiger partial charge in [-0.2, -0.15) is 0 Å². The van der Waals surface area contributed by atoms with Crippen molar-refractivity contribution in [2.45, 2.75) is 18.9 Å². The van der Waals surface area contributed by atoms with E-state index in [9.17, 15) is 0 Å². The van der Waals surface area contributed by atoms with Crippen molar-refractivity contribution in [2.75, 3.05) is 23.9 Å². The van der Waals surface area contributed by atoms with Crippen molar-refractivity contribution in [3.63, 3.8) is 0 Å². The lowest BCUT2D eigenvalue weighted by Crippen LogP contribution is -2.20. The van der Waals surface area contributed by atoms with E-state index in [0.717, 1.165) is 36.3 Å². The lowest BCUT2D eigenvalue weighted by atomic mass is 10.2. The van der Waals surface area contributed by atoms with Gasteiger partial charge in [-0.1, -0.05) is 0 Å². The van der Waals surface area contributed by atoms with Crippen molar-refractivity contribution < 1.29 is 4.74 Å². The number of hydrazine groups is 1. The minimum absolute atomic E-state index is 0.274. The fourth-order valence-corrected chi connectivity index (χ4v) is 2.07. The van der Waals surface area contributed by atoms with Crippen LogP contribution >= 0.6 is 15.9 Å². The highest BCUT2D eigenvalue weighted by molar-refractivity contribution is 9.10. The highest BCUT2D eigenvalue weighted by Gasteiger charge is 2.16. The summed E-state index contributed by atoms with van der Waals surface area (Å²) < 4.78 is 6.24. The monoisotopic (exact) mass is 287 g/mol. The molecule has 1 aromatic heterocycles. The van der Waals surface area contributed by atoms with Gasteiger partial charge in [0.25, 0.3) is 0 Å². The quantitative estimate of drug-likeness (QED) is 0.568. The zero-order valence-corrected chi connectivity index (χ0v) is 10.3. The maximum Gasteiger partial charge on any atom is 0.159 e. The fraction of sp³-hybridized carbons (Fsp3) is 0.556. The molecule has 0 aliphatic carbocycles. The van der Waals surface area contributed by atoms with Gasteiger partial charge in [-0.15, -0.1) is 0 Å². The van der Waals surface area contributed by atoms with Crippen LogP contribution in [0.25, 0.3) is 0 Å². The van der Waals surface area contributed by atoms with Crippen LogP contribution in [0.3, 0.4) is 0 Å². The molecule has 1 atom stereocenters.